The molecule has 0 radical (unpaired) electrons. The van der Waals surface area contributed by atoms with E-state index in [9.17, 15) is 4.79 Å². The molecule has 98 valence electrons. The normalized spacial score (nSPS) is 14.4. The summed E-state index contributed by atoms with van der Waals surface area (Å²) in [4.78, 5) is 16.1. The largest absolute Gasteiger partial charge is 0.468 e. The van der Waals surface area contributed by atoms with Gasteiger partial charge in [-0.2, -0.15) is 4.98 Å². The van der Waals surface area contributed by atoms with Crippen LogP contribution in [-0.4, -0.2) is 22.7 Å². The minimum Gasteiger partial charge on any atom is -0.468 e. The molecule has 1 aliphatic rings. The van der Waals surface area contributed by atoms with Crippen molar-refractivity contribution in [2.75, 3.05) is 7.11 Å². The highest BCUT2D eigenvalue weighted by Crippen LogP contribution is 2.45. The van der Waals surface area contributed by atoms with Gasteiger partial charge in [0.1, 0.15) is 0 Å². The first-order chi connectivity index (χ1) is 9.22. The van der Waals surface area contributed by atoms with Crippen molar-refractivity contribution < 1.29 is 9.53 Å². The molecule has 1 aromatic carbocycles. The summed E-state index contributed by atoms with van der Waals surface area (Å²) in [6, 6.07) is 9.49. The maximum absolute atomic E-state index is 11.6. The first-order valence-corrected chi connectivity index (χ1v) is 6.24. The van der Waals surface area contributed by atoms with Gasteiger partial charge >= 0.3 is 12.0 Å². The fraction of sp³-hybridized carbons (Fsp3) is 0.286. The van der Waals surface area contributed by atoms with Crippen molar-refractivity contribution in [3.8, 4) is 17.3 Å². The quantitative estimate of drug-likeness (QED) is 0.917. The molecule has 1 heterocycles. The monoisotopic (exact) mass is 257 g/mol. The molecule has 19 heavy (non-hydrogen) atoms. The number of methoxy groups -OCH3 is 1. The Morgan fingerprint density at radius 1 is 1.37 bits per heavy atom. The number of nitrogens with two attached hydrogens (primary N) is 1. The summed E-state index contributed by atoms with van der Waals surface area (Å²) in [5, 5.41) is 0. The number of imidazole rings is 1. The van der Waals surface area contributed by atoms with Gasteiger partial charge in [0.2, 0.25) is 0 Å². The van der Waals surface area contributed by atoms with E-state index < -0.39 is 6.03 Å². The molecule has 1 aliphatic carbocycles. The number of hydrogen-bond donors (Lipinski definition) is 1. The molecule has 2 N–H and O–H groups in total. The zero-order chi connectivity index (χ0) is 13.4. The Morgan fingerprint density at radius 2 is 2.05 bits per heavy atom. The number of hydrogen-bond acceptors (Lipinski definition) is 3. The van der Waals surface area contributed by atoms with Crippen molar-refractivity contribution in [2.45, 2.75) is 18.8 Å². The Morgan fingerprint density at radius 3 is 2.58 bits per heavy atom. The molecule has 2 aromatic rings. The molecule has 1 aromatic heterocycles. The second-order valence-corrected chi connectivity index (χ2v) is 4.65. The molecular formula is C14H15N3O2. The SMILES string of the molecule is COc1nc(-c2ccccc2)c(C2CC2)n1C(N)=O. The molecule has 5 heteroatoms. The van der Waals surface area contributed by atoms with E-state index in [0.29, 0.717) is 5.92 Å². The van der Waals surface area contributed by atoms with E-state index >= 15 is 0 Å². The van der Waals surface area contributed by atoms with Gasteiger partial charge in [-0.25, -0.2) is 9.36 Å². The fourth-order valence-corrected chi connectivity index (χ4v) is 2.30. The number of amides is 1. The van der Waals surface area contributed by atoms with Crippen molar-refractivity contribution in [3.63, 3.8) is 0 Å². The van der Waals surface area contributed by atoms with Crippen LogP contribution in [0.5, 0.6) is 6.01 Å². The van der Waals surface area contributed by atoms with Crippen LogP contribution in [0.3, 0.4) is 0 Å². The van der Waals surface area contributed by atoms with Crippen molar-refractivity contribution >= 4 is 6.03 Å². The van der Waals surface area contributed by atoms with Crippen LogP contribution in [0.2, 0.25) is 0 Å². The van der Waals surface area contributed by atoms with E-state index in [0.717, 1.165) is 29.8 Å². The van der Waals surface area contributed by atoms with Gasteiger partial charge < -0.3 is 10.5 Å². The molecule has 3 rings (SSSR count). The molecular weight excluding hydrogens is 242 g/mol. The van der Waals surface area contributed by atoms with Crippen molar-refractivity contribution in [1.82, 2.24) is 9.55 Å². The smallest absolute Gasteiger partial charge is 0.327 e. The van der Waals surface area contributed by atoms with Gasteiger partial charge in [0, 0.05) is 11.5 Å². The lowest BCUT2D eigenvalue weighted by atomic mass is 10.1. The number of primary amides is 1. The van der Waals surface area contributed by atoms with E-state index in [4.69, 9.17) is 10.5 Å². The Balaban J connectivity index is 2.22. The number of aromatic nitrogens is 2. The zero-order valence-corrected chi connectivity index (χ0v) is 10.7. The average molecular weight is 257 g/mol. The van der Waals surface area contributed by atoms with Gasteiger partial charge in [-0.3, -0.25) is 0 Å². The number of rotatable bonds is 3. The minimum absolute atomic E-state index is 0.258. The summed E-state index contributed by atoms with van der Waals surface area (Å²) in [5.41, 5.74) is 8.09. The predicted octanol–water partition coefficient (Wildman–Crippen LogP) is 2.36. The van der Waals surface area contributed by atoms with Crippen molar-refractivity contribution in [2.24, 2.45) is 5.73 Å². The third kappa shape index (κ3) is 1.97. The van der Waals surface area contributed by atoms with Crippen LogP contribution in [0.15, 0.2) is 30.3 Å². The second kappa shape index (κ2) is 4.42. The van der Waals surface area contributed by atoms with Crippen LogP contribution in [0.4, 0.5) is 4.79 Å². The molecule has 0 saturated heterocycles. The number of benzene rings is 1. The van der Waals surface area contributed by atoms with Gasteiger partial charge in [0.25, 0.3) is 0 Å². The molecule has 0 aliphatic heterocycles. The number of carbonyl (C=O) groups excluding carboxylic acids is 1. The molecule has 5 nitrogen and oxygen atoms in total. The van der Waals surface area contributed by atoms with Crippen molar-refractivity contribution in [3.05, 3.63) is 36.0 Å². The van der Waals surface area contributed by atoms with Crippen LogP contribution >= 0.6 is 0 Å². The first kappa shape index (κ1) is 11.8. The van der Waals surface area contributed by atoms with Crippen LogP contribution in [-0.2, 0) is 0 Å². The molecule has 1 amide bonds. The topological polar surface area (TPSA) is 70.1 Å². The van der Waals surface area contributed by atoms with Crippen LogP contribution in [0.1, 0.15) is 24.5 Å². The summed E-state index contributed by atoms with van der Waals surface area (Å²) < 4.78 is 6.57. The molecule has 0 bridgehead atoms. The Labute approximate surface area is 111 Å². The molecule has 0 spiro atoms. The number of carbonyl (C=O) groups is 1. The van der Waals surface area contributed by atoms with E-state index in [1.165, 1.54) is 11.7 Å². The summed E-state index contributed by atoms with van der Waals surface area (Å²) >= 11 is 0. The molecule has 0 atom stereocenters. The lowest BCUT2D eigenvalue weighted by Gasteiger charge is -2.06. The summed E-state index contributed by atoms with van der Waals surface area (Å²) in [6.07, 6.45) is 2.12. The predicted molar refractivity (Wildman–Crippen MR) is 71.2 cm³/mol. The Kier molecular flexibility index (Phi) is 2.74. The highest BCUT2D eigenvalue weighted by Gasteiger charge is 2.34. The Bertz CT molecular complexity index is 615. The van der Waals surface area contributed by atoms with Gasteiger partial charge in [0.15, 0.2) is 0 Å². The minimum atomic E-state index is -0.548. The van der Waals surface area contributed by atoms with Gasteiger partial charge in [-0.05, 0) is 12.8 Å². The highest BCUT2D eigenvalue weighted by molar-refractivity contribution is 5.80. The number of ether oxygens (including phenoxy) is 1. The van der Waals surface area contributed by atoms with E-state index in [1.54, 1.807) is 0 Å². The lowest BCUT2D eigenvalue weighted by Crippen LogP contribution is -2.22. The van der Waals surface area contributed by atoms with Gasteiger partial charge in [-0.15, -0.1) is 0 Å². The van der Waals surface area contributed by atoms with Gasteiger partial charge in [0.05, 0.1) is 18.5 Å². The van der Waals surface area contributed by atoms with Crippen LogP contribution in [0, 0.1) is 0 Å². The summed E-state index contributed by atoms with van der Waals surface area (Å²) in [6.45, 7) is 0. The molecule has 1 fully saturated rings. The Hall–Kier alpha value is -2.30. The van der Waals surface area contributed by atoms with Gasteiger partial charge in [-0.1, -0.05) is 30.3 Å². The van der Waals surface area contributed by atoms with Crippen LogP contribution in [0.25, 0.3) is 11.3 Å². The fourth-order valence-electron chi connectivity index (χ4n) is 2.30. The first-order valence-electron chi connectivity index (χ1n) is 6.24. The maximum atomic E-state index is 11.6. The second-order valence-electron chi connectivity index (χ2n) is 4.65. The molecule has 1 saturated carbocycles. The zero-order valence-electron chi connectivity index (χ0n) is 10.7. The highest BCUT2D eigenvalue weighted by atomic mass is 16.5. The van der Waals surface area contributed by atoms with Crippen molar-refractivity contribution in [1.29, 1.82) is 0 Å². The van der Waals surface area contributed by atoms with Crippen LogP contribution < -0.4 is 10.5 Å². The lowest BCUT2D eigenvalue weighted by molar-refractivity contribution is 0.245. The van der Waals surface area contributed by atoms with E-state index in [1.807, 2.05) is 30.3 Å². The summed E-state index contributed by atoms with van der Waals surface area (Å²) in [5.74, 6) is 0.346. The van der Waals surface area contributed by atoms with E-state index in [-0.39, 0.29) is 6.01 Å². The standard InChI is InChI=1S/C14H15N3O2/c1-19-14-16-11(9-5-3-2-4-6-9)12(10-7-8-10)17(14)13(15)18/h2-6,10H,7-8H2,1H3,(H2,15,18). The summed E-state index contributed by atoms with van der Waals surface area (Å²) in [7, 11) is 1.49. The maximum Gasteiger partial charge on any atom is 0.327 e. The number of nitrogens with zero attached hydrogens (tertiary/aromatic N) is 2. The third-order valence-electron chi connectivity index (χ3n) is 3.30. The third-order valence-corrected chi connectivity index (χ3v) is 3.30. The molecule has 0 unspecified atom stereocenters. The average Bonchev–Trinajstić information content (AvgIpc) is 3.19. The van der Waals surface area contributed by atoms with E-state index in [2.05, 4.69) is 4.98 Å².